The number of rotatable bonds is 4. The number of aryl methyl sites for hydroxylation is 2. The molecule has 84 valence electrons. The van der Waals surface area contributed by atoms with Crippen molar-refractivity contribution in [3.8, 4) is 0 Å². The van der Waals surface area contributed by atoms with E-state index in [9.17, 15) is 0 Å². The molecule has 0 aliphatic rings. The van der Waals surface area contributed by atoms with Gasteiger partial charge >= 0.3 is 0 Å². The van der Waals surface area contributed by atoms with E-state index >= 15 is 0 Å². The Kier molecular flexibility index (Phi) is 3.09. The summed E-state index contributed by atoms with van der Waals surface area (Å²) >= 11 is 0. The molecule has 6 nitrogen and oxygen atoms in total. The molecule has 0 saturated carbocycles. The van der Waals surface area contributed by atoms with Gasteiger partial charge in [-0.05, 0) is 13.8 Å². The van der Waals surface area contributed by atoms with E-state index in [0.29, 0.717) is 0 Å². The molecule has 0 bridgehead atoms. The molecular formula is C10H14N6. The van der Waals surface area contributed by atoms with Gasteiger partial charge in [-0.15, -0.1) is 5.10 Å². The minimum absolute atomic E-state index is 0.752. The van der Waals surface area contributed by atoms with Crippen LogP contribution in [0.25, 0.3) is 0 Å². The van der Waals surface area contributed by atoms with Gasteiger partial charge in [0.05, 0.1) is 24.1 Å². The van der Waals surface area contributed by atoms with Crippen molar-refractivity contribution in [1.29, 1.82) is 0 Å². The van der Waals surface area contributed by atoms with Crippen molar-refractivity contribution in [2.24, 2.45) is 0 Å². The van der Waals surface area contributed by atoms with Crippen LogP contribution in [0.15, 0.2) is 18.6 Å². The fourth-order valence-electron chi connectivity index (χ4n) is 1.35. The summed E-state index contributed by atoms with van der Waals surface area (Å²) in [6.45, 7) is 5.37. The molecule has 0 atom stereocenters. The molecule has 2 aromatic heterocycles. The normalized spacial score (nSPS) is 10.4. The van der Waals surface area contributed by atoms with E-state index in [1.807, 2.05) is 20.0 Å². The first kappa shape index (κ1) is 10.5. The highest BCUT2D eigenvalue weighted by atomic mass is 15.4. The Morgan fingerprint density at radius 1 is 1.38 bits per heavy atom. The topological polar surface area (TPSA) is 68.5 Å². The van der Waals surface area contributed by atoms with Gasteiger partial charge in [-0.3, -0.25) is 9.67 Å². The molecule has 0 radical (unpaired) electrons. The first-order valence-electron chi connectivity index (χ1n) is 5.14. The Morgan fingerprint density at radius 2 is 2.25 bits per heavy atom. The van der Waals surface area contributed by atoms with Crippen LogP contribution in [0.5, 0.6) is 0 Å². The highest BCUT2D eigenvalue weighted by molar-refractivity contribution is 5.39. The smallest absolute Gasteiger partial charge is 0.147 e. The van der Waals surface area contributed by atoms with Gasteiger partial charge in [0, 0.05) is 18.9 Å². The van der Waals surface area contributed by atoms with Crippen molar-refractivity contribution >= 4 is 5.82 Å². The highest BCUT2D eigenvalue weighted by Crippen LogP contribution is 2.07. The number of nitrogens with one attached hydrogen (secondary N) is 1. The van der Waals surface area contributed by atoms with Crippen LogP contribution in [0.3, 0.4) is 0 Å². The fraction of sp³-hybridized carbons (Fsp3) is 0.400. The minimum atomic E-state index is 0.752. The largest absolute Gasteiger partial charge is 0.367 e. The molecule has 0 aromatic carbocycles. The third-order valence-electron chi connectivity index (χ3n) is 2.18. The Labute approximate surface area is 93.7 Å². The predicted octanol–water partition coefficient (Wildman–Crippen LogP) is 0.797. The van der Waals surface area contributed by atoms with E-state index in [2.05, 4.69) is 25.6 Å². The summed E-state index contributed by atoms with van der Waals surface area (Å²) in [7, 11) is 0. The van der Waals surface area contributed by atoms with Gasteiger partial charge in [-0.2, -0.15) is 0 Å². The maximum absolute atomic E-state index is 4.37. The zero-order valence-corrected chi connectivity index (χ0v) is 9.38. The van der Waals surface area contributed by atoms with Crippen LogP contribution in [-0.2, 0) is 6.54 Å². The molecule has 0 amide bonds. The zero-order chi connectivity index (χ0) is 11.4. The van der Waals surface area contributed by atoms with Crippen LogP contribution >= 0.6 is 0 Å². The molecule has 0 saturated heterocycles. The average molecular weight is 218 g/mol. The summed E-state index contributed by atoms with van der Waals surface area (Å²) in [6, 6.07) is 0. The maximum atomic E-state index is 4.37. The summed E-state index contributed by atoms with van der Waals surface area (Å²) in [5, 5.41) is 10.8. The lowest BCUT2D eigenvalue weighted by molar-refractivity contribution is 0.608. The molecule has 2 rings (SSSR count). The zero-order valence-electron chi connectivity index (χ0n) is 9.38. The summed E-state index contributed by atoms with van der Waals surface area (Å²) in [4.78, 5) is 8.61. The maximum Gasteiger partial charge on any atom is 0.147 e. The van der Waals surface area contributed by atoms with E-state index in [1.165, 1.54) is 0 Å². The first-order valence-corrected chi connectivity index (χ1v) is 5.14. The molecule has 1 N–H and O–H groups in total. The fourth-order valence-corrected chi connectivity index (χ4v) is 1.35. The molecule has 2 heterocycles. The van der Waals surface area contributed by atoms with E-state index < -0.39 is 0 Å². The number of hydrogen-bond donors (Lipinski definition) is 1. The van der Waals surface area contributed by atoms with Gasteiger partial charge in [0.25, 0.3) is 0 Å². The minimum Gasteiger partial charge on any atom is -0.367 e. The Balaban J connectivity index is 1.92. The van der Waals surface area contributed by atoms with Crippen molar-refractivity contribution in [2.75, 3.05) is 11.9 Å². The van der Waals surface area contributed by atoms with Crippen LogP contribution in [-0.4, -0.2) is 31.5 Å². The van der Waals surface area contributed by atoms with Gasteiger partial charge in [-0.1, -0.05) is 5.21 Å². The molecule has 0 fully saturated rings. The lowest BCUT2D eigenvalue weighted by Gasteiger charge is -2.08. The lowest BCUT2D eigenvalue weighted by atomic mass is 10.4. The Bertz CT molecular complexity index is 450. The van der Waals surface area contributed by atoms with Crippen molar-refractivity contribution in [3.05, 3.63) is 30.0 Å². The van der Waals surface area contributed by atoms with E-state index in [0.717, 1.165) is 30.3 Å². The molecule has 6 heteroatoms. The van der Waals surface area contributed by atoms with Crippen molar-refractivity contribution in [1.82, 2.24) is 25.0 Å². The SMILES string of the molecule is Cc1cnc(C)c(NCCn2ccnn2)n1. The van der Waals surface area contributed by atoms with Crippen LogP contribution in [0.4, 0.5) is 5.82 Å². The van der Waals surface area contributed by atoms with E-state index in [-0.39, 0.29) is 0 Å². The van der Waals surface area contributed by atoms with Crippen LogP contribution in [0.2, 0.25) is 0 Å². The van der Waals surface area contributed by atoms with Crippen LogP contribution < -0.4 is 5.32 Å². The van der Waals surface area contributed by atoms with Crippen molar-refractivity contribution < 1.29 is 0 Å². The molecular weight excluding hydrogens is 204 g/mol. The summed E-state index contributed by atoms with van der Waals surface area (Å²) in [6.07, 6.45) is 5.26. The molecule has 0 unspecified atom stereocenters. The van der Waals surface area contributed by atoms with Gasteiger partial charge < -0.3 is 5.32 Å². The molecule has 16 heavy (non-hydrogen) atoms. The number of anilines is 1. The quantitative estimate of drug-likeness (QED) is 0.822. The van der Waals surface area contributed by atoms with Gasteiger partial charge in [0.1, 0.15) is 5.82 Å². The van der Waals surface area contributed by atoms with E-state index in [4.69, 9.17) is 0 Å². The van der Waals surface area contributed by atoms with Crippen molar-refractivity contribution in [2.45, 2.75) is 20.4 Å². The molecule has 0 aliphatic carbocycles. The second-order valence-electron chi connectivity index (χ2n) is 3.54. The lowest BCUT2D eigenvalue weighted by Crippen LogP contribution is -2.13. The highest BCUT2D eigenvalue weighted by Gasteiger charge is 2.00. The second kappa shape index (κ2) is 4.69. The second-order valence-corrected chi connectivity index (χ2v) is 3.54. The van der Waals surface area contributed by atoms with Crippen LogP contribution in [0.1, 0.15) is 11.4 Å². The Hall–Kier alpha value is -1.98. The monoisotopic (exact) mass is 218 g/mol. The summed E-state index contributed by atoms with van der Waals surface area (Å²) in [5.41, 5.74) is 1.82. The van der Waals surface area contributed by atoms with Gasteiger partial charge in [-0.25, -0.2) is 4.98 Å². The summed E-state index contributed by atoms with van der Waals surface area (Å²) in [5.74, 6) is 0.833. The molecule has 0 spiro atoms. The third-order valence-corrected chi connectivity index (χ3v) is 2.18. The van der Waals surface area contributed by atoms with Gasteiger partial charge in [0.2, 0.25) is 0 Å². The summed E-state index contributed by atoms with van der Waals surface area (Å²) < 4.78 is 1.77. The third kappa shape index (κ3) is 2.53. The van der Waals surface area contributed by atoms with Gasteiger partial charge in [0.15, 0.2) is 0 Å². The number of aromatic nitrogens is 5. The van der Waals surface area contributed by atoms with Crippen LogP contribution in [0, 0.1) is 13.8 Å². The Morgan fingerprint density at radius 3 is 3.00 bits per heavy atom. The molecule has 0 aliphatic heterocycles. The first-order chi connectivity index (χ1) is 7.75. The molecule has 2 aromatic rings. The van der Waals surface area contributed by atoms with E-state index in [1.54, 1.807) is 17.1 Å². The average Bonchev–Trinajstić information content (AvgIpc) is 2.76. The number of nitrogens with zero attached hydrogens (tertiary/aromatic N) is 5. The predicted molar refractivity (Wildman–Crippen MR) is 60.0 cm³/mol. The number of hydrogen-bond acceptors (Lipinski definition) is 5. The van der Waals surface area contributed by atoms with Crippen molar-refractivity contribution in [3.63, 3.8) is 0 Å². The standard InChI is InChI=1S/C10H14N6/c1-8-7-12-9(2)10(14-8)11-3-5-16-6-4-13-15-16/h4,6-7H,3,5H2,1-2H3,(H,11,14).